The number of amides is 3. The van der Waals surface area contributed by atoms with Gasteiger partial charge in [0.05, 0.1) is 34.7 Å². The molecule has 3 fully saturated rings. The highest BCUT2D eigenvalue weighted by Crippen LogP contribution is 2.44. The number of nitrogens with zero attached hydrogens (tertiary/aromatic N) is 2. The summed E-state index contributed by atoms with van der Waals surface area (Å²) in [5.74, 6) is -0.538. The zero-order valence-corrected chi connectivity index (χ0v) is 31.2. The van der Waals surface area contributed by atoms with Crippen LogP contribution >= 0.6 is 0 Å². The summed E-state index contributed by atoms with van der Waals surface area (Å²) in [6.45, 7) is 8.27. The molecule has 1 N–H and O–H groups in total. The van der Waals surface area contributed by atoms with Gasteiger partial charge in [-0.2, -0.15) is 0 Å². The van der Waals surface area contributed by atoms with Gasteiger partial charge in [0.15, 0.2) is 11.6 Å². The van der Waals surface area contributed by atoms with Gasteiger partial charge in [-0.25, -0.2) is 0 Å². The van der Waals surface area contributed by atoms with Crippen LogP contribution in [0.15, 0.2) is 48.5 Å². The number of fused-ring (bicyclic) bond motifs is 2. The van der Waals surface area contributed by atoms with Gasteiger partial charge in [-0.15, -0.1) is 0 Å². The minimum absolute atomic E-state index is 0.0124. The summed E-state index contributed by atoms with van der Waals surface area (Å²) in [6, 6.07) is 14.1. The van der Waals surface area contributed by atoms with Crippen molar-refractivity contribution in [3.05, 3.63) is 70.8 Å². The number of β-lactam (4-membered cyclic amide) rings is 1. The minimum Gasteiger partial charge on any atom is -0.326 e. The standard InChI is InChI=1S/C43H57N3O5/c1-5-42(4,46-36-23-15-11-9-13-21-34(36)41(46)51)38(48)33-20-12-8-10-14-22-35(33)44-43(6-2,7-3)37(47)30-26-24-29(25-27-30)28-45-39(49)31-18-16-17-19-32(31)40(45)50/h16-19,24-27,33-36,44H,5-15,20-23,28H2,1-4H3/t33-,34-,35+,36+,42?/m1/s1. The second kappa shape index (κ2) is 15.5. The lowest BCUT2D eigenvalue weighted by Crippen LogP contribution is -2.72. The first-order valence-electron chi connectivity index (χ1n) is 19.8. The van der Waals surface area contributed by atoms with Gasteiger partial charge in [-0.3, -0.25) is 28.9 Å². The number of hydrogen-bond donors (Lipinski definition) is 1. The SMILES string of the molecule is CCC(CC)(N[C@H]1CCCCCC[C@H]1C(=O)C(C)(CC)N1C(=O)[C@@H]2CCCCCC[C@@H]21)C(=O)c1ccc(CN2C(=O)c3ccccc3C2=O)cc1. The molecule has 274 valence electrons. The number of ketones is 2. The number of rotatable bonds is 12. The summed E-state index contributed by atoms with van der Waals surface area (Å²) < 4.78 is 0. The van der Waals surface area contributed by atoms with Crippen LogP contribution in [0.3, 0.4) is 0 Å². The molecule has 0 spiro atoms. The van der Waals surface area contributed by atoms with Crippen LogP contribution in [0.2, 0.25) is 0 Å². The van der Waals surface area contributed by atoms with Crippen molar-refractivity contribution >= 4 is 29.3 Å². The molecule has 0 bridgehead atoms. The summed E-state index contributed by atoms with van der Waals surface area (Å²) >= 11 is 0. The monoisotopic (exact) mass is 695 g/mol. The molecule has 4 aliphatic rings. The summed E-state index contributed by atoms with van der Waals surface area (Å²) in [7, 11) is 0. The van der Waals surface area contributed by atoms with Gasteiger partial charge >= 0.3 is 0 Å². The Kier molecular flexibility index (Phi) is 11.3. The highest BCUT2D eigenvalue weighted by atomic mass is 16.2. The van der Waals surface area contributed by atoms with Crippen molar-refractivity contribution in [2.24, 2.45) is 11.8 Å². The van der Waals surface area contributed by atoms with Crippen LogP contribution in [0.25, 0.3) is 0 Å². The van der Waals surface area contributed by atoms with Crippen LogP contribution in [-0.2, 0) is 16.1 Å². The first-order chi connectivity index (χ1) is 24.6. The third kappa shape index (κ3) is 6.85. The number of carbonyl (C=O) groups is 5. The molecule has 8 heteroatoms. The number of benzene rings is 2. The van der Waals surface area contributed by atoms with E-state index in [2.05, 4.69) is 12.2 Å². The topological polar surface area (TPSA) is 104 Å². The van der Waals surface area contributed by atoms with Gasteiger partial charge in [-0.1, -0.05) is 109 Å². The Bertz CT molecular complexity index is 1600. The largest absolute Gasteiger partial charge is 0.326 e. The lowest BCUT2D eigenvalue weighted by atomic mass is 9.69. The second-order valence-corrected chi connectivity index (χ2v) is 15.8. The molecular formula is C43H57N3O5. The van der Waals surface area contributed by atoms with Gasteiger partial charge in [0.1, 0.15) is 0 Å². The molecule has 5 atom stereocenters. The molecule has 3 amide bonds. The Hall–Kier alpha value is -3.65. The van der Waals surface area contributed by atoms with Crippen molar-refractivity contribution in [2.75, 3.05) is 0 Å². The number of carbonyl (C=O) groups excluding carboxylic acids is 5. The van der Waals surface area contributed by atoms with Crippen LogP contribution in [-0.4, -0.2) is 62.2 Å². The normalized spacial score (nSPS) is 25.5. The van der Waals surface area contributed by atoms with E-state index in [0.29, 0.717) is 36.0 Å². The third-order valence-corrected chi connectivity index (χ3v) is 13.0. The maximum atomic E-state index is 15.0. The Balaban J connectivity index is 1.21. The molecular weight excluding hydrogens is 638 g/mol. The van der Waals surface area contributed by atoms with E-state index < -0.39 is 11.1 Å². The van der Waals surface area contributed by atoms with Crippen LogP contribution in [0.4, 0.5) is 0 Å². The van der Waals surface area contributed by atoms with Gasteiger partial charge in [-0.05, 0) is 69.6 Å². The van der Waals surface area contributed by atoms with E-state index in [4.69, 9.17) is 0 Å². The lowest BCUT2D eigenvalue weighted by molar-refractivity contribution is -0.176. The van der Waals surface area contributed by atoms with E-state index in [1.54, 1.807) is 36.4 Å². The fraction of sp³-hybridized carbons (Fsp3) is 0.605. The zero-order chi connectivity index (χ0) is 36.3. The molecule has 0 radical (unpaired) electrons. The van der Waals surface area contributed by atoms with Crippen LogP contribution in [0.1, 0.15) is 161 Å². The number of nitrogens with one attached hydrogen (secondary N) is 1. The van der Waals surface area contributed by atoms with E-state index in [0.717, 1.165) is 69.8 Å². The lowest BCUT2D eigenvalue weighted by Gasteiger charge is -2.57. The summed E-state index contributed by atoms with van der Waals surface area (Å²) in [6.07, 6.45) is 13.9. The van der Waals surface area contributed by atoms with Crippen molar-refractivity contribution < 1.29 is 24.0 Å². The average molecular weight is 696 g/mol. The highest BCUT2D eigenvalue weighted by Gasteiger charge is 2.57. The first kappa shape index (κ1) is 37.1. The molecule has 51 heavy (non-hydrogen) atoms. The molecule has 2 heterocycles. The Morgan fingerprint density at radius 3 is 1.88 bits per heavy atom. The molecule has 6 rings (SSSR count). The Labute approximate surface area is 304 Å². The third-order valence-electron chi connectivity index (χ3n) is 13.0. The molecule has 2 aliphatic heterocycles. The number of Topliss-reactive ketones (excluding diaryl/α,β-unsaturated/α-hetero) is 2. The van der Waals surface area contributed by atoms with Gasteiger partial charge in [0.2, 0.25) is 5.91 Å². The Morgan fingerprint density at radius 2 is 1.29 bits per heavy atom. The molecule has 2 aromatic carbocycles. The van der Waals surface area contributed by atoms with E-state index in [1.807, 2.05) is 37.8 Å². The molecule has 2 aromatic rings. The maximum absolute atomic E-state index is 15.0. The second-order valence-electron chi connectivity index (χ2n) is 15.8. The number of imide groups is 1. The van der Waals surface area contributed by atoms with Crippen molar-refractivity contribution in [3.8, 4) is 0 Å². The van der Waals surface area contributed by atoms with Crippen LogP contribution < -0.4 is 5.32 Å². The van der Waals surface area contributed by atoms with E-state index in [9.17, 15) is 24.0 Å². The summed E-state index contributed by atoms with van der Waals surface area (Å²) in [5.41, 5.74) is 0.437. The van der Waals surface area contributed by atoms with E-state index >= 15 is 0 Å². The van der Waals surface area contributed by atoms with Crippen molar-refractivity contribution in [1.82, 2.24) is 15.1 Å². The van der Waals surface area contributed by atoms with Gasteiger partial charge < -0.3 is 10.2 Å². The summed E-state index contributed by atoms with van der Waals surface area (Å²) in [5, 5.41) is 3.85. The quantitative estimate of drug-likeness (QED) is 0.137. The smallest absolute Gasteiger partial charge is 0.261 e. The number of likely N-dealkylation sites (tertiary alicyclic amines) is 1. The maximum Gasteiger partial charge on any atom is 0.261 e. The van der Waals surface area contributed by atoms with Crippen molar-refractivity contribution in [3.63, 3.8) is 0 Å². The fourth-order valence-corrected chi connectivity index (χ4v) is 9.56. The van der Waals surface area contributed by atoms with Gasteiger partial charge in [0, 0.05) is 23.6 Å². The van der Waals surface area contributed by atoms with Crippen molar-refractivity contribution in [2.45, 2.75) is 154 Å². The first-order valence-corrected chi connectivity index (χ1v) is 19.8. The molecule has 1 unspecified atom stereocenters. The number of hydrogen-bond acceptors (Lipinski definition) is 6. The molecule has 2 saturated carbocycles. The highest BCUT2D eigenvalue weighted by molar-refractivity contribution is 6.21. The molecule has 8 nitrogen and oxygen atoms in total. The summed E-state index contributed by atoms with van der Waals surface area (Å²) in [4.78, 5) is 72.3. The molecule has 2 aliphatic carbocycles. The molecule has 0 aromatic heterocycles. The molecule has 1 saturated heterocycles. The van der Waals surface area contributed by atoms with Crippen LogP contribution in [0, 0.1) is 11.8 Å². The predicted octanol–water partition coefficient (Wildman–Crippen LogP) is 8.07. The Morgan fingerprint density at radius 1 is 0.725 bits per heavy atom. The van der Waals surface area contributed by atoms with Crippen molar-refractivity contribution in [1.29, 1.82) is 0 Å². The van der Waals surface area contributed by atoms with Crippen LogP contribution in [0.5, 0.6) is 0 Å². The predicted molar refractivity (Wildman–Crippen MR) is 198 cm³/mol. The fourth-order valence-electron chi connectivity index (χ4n) is 9.56. The van der Waals surface area contributed by atoms with Gasteiger partial charge in [0.25, 0.3) is 11.8 Å². The van der Waals surface area contributed by atoms with E-state index in [-0.39, 0.29) is 59.8 Å². The zero-order valence-electron chi connectivity index (χ0n) is 31.2. The average Bonchev–Trinajstić information content (AvgIpc) is 3.37. The van der Waals surface area contributed by atoms with E-state index in [1.165, 1.54) is 17.7 Å². The minimum atomic E-state index is -0.869.